The second-order valence-corrected chi connectivity index (χ2v) is 6.09. The van der Waals surface area contributed by atoms with Gasteiger partial charge in [-0.1, -0.05) is 6.07 Å². The molecule has 0 spiro atoms. The van der Waals surface area contributed by atoms with Gasteiger partial charge in [0.05, 0.1) is 19.9 Å². The predicted molar refractivity (Wildman–Crippen MR) is 106 cm³/mol. The smallest absolute Gasteiger partial charge is 0.335 e. The molecular formula is C20H18N4O6. The van der Waals surface area contributed by atoms with Gasteiger partial charge in [0.25, 0.3) is 11.8 Å². The van der Waals surface area contributed by atoms with Crippen molar-refractivity contribution in [1.29, 1.82) is 0 Å². The van der Waals surface area contributed by atoms with Crippen LogP contribution in [0, 0.1) is 5.92 Å². The van der Waals surface area contributed by atoms with E-state index in [1.165, 1.54) is 38.5 Å². The zero-order valence-electron chi connectivity index (χ0n) is 16.1. The Labute approximate surface area is 171 Å². The van der Waals surface area contributed by atoms with Crippen molar-refractivity contribution in [3.8, 4) is 11.5 Å². The van der Waals surface area contributed by atoms with E-state index in [0.717, 1.165) is 11.1 Å². The molecule has 154 valence electrons. The van der Waals surface area contributed by atoms with Crippen LogP contribution in [0.25, 0.3) is 0 Å². The lowest BCUT2D eigenvalue weighted by atomic mass is 10.1. The summed E-state index contributed by atoms with van der Waals surface area (Å²) in [6, 6.07) is 11.6. The SMILES string of the molecule is COc1ccc(C(=O)N/N=C\[C@@H]2C(=O)NC(=O)N(c3cccc(OC)c3)C2=O)cc1. The normalized spacial score (nSPS) is 16.4. The maximum atomic E-state index is 12.7. The number of urea groups is 1. The van der Waals surface area contributed by atoms with Gasteiger partial charge in [0, 0.05) is 17.8 Å². The molecule has 0 saturated carbocycles. The molecule has 2 N–H and O–H groups in total. The first-order valence-corrected chi connectivity index (χ1v) is 8.75. The van der Waals surface area contributed by atoms with Crippen LogP contribution in [-0.4, -0.2) is 44.2 Å². The molecule has 2 aromatic rings. The molecule has 30 heavy (non-hydrogen) atoms. The number of hydrazone groups is 1. The van der Waals surface area contributed by atoms with Crippen LogP contribution >= 0.6 is 0 Å². The Kier molecular flexibility index (Phi) is 6.06. The highest BCUT2D eigenvalue weighted by atomic mass is 16.5. The fourth-order valence-electron chi connectivity index (χ4n) is 2.69. The zero-order chi connectivity index (χ0) is 21.7. The summed E-state index contributed by atoms with van der Waals surface area (Å²) in [7, 11) is 2.95. The zero-order valence-corrected chi connectivity index (χ0v) is 16.1. The number of anilines is 1. The second-order valence-electron chi connectivity index (χ2n) is 6.09. The first-order chi connectivity index (χ1) is 14.4. The van der Waals surface area contributed by atoms with Gasteiger partial charge in [-0.3, -0.25) is 19.7 Å². The van der Waals surface area contributed by atoms with Crippen molar-refractivity contribution < 1.29 is 28.7 Å². The van der Waals surface area contributed by atoms with Crippen molar-refractivity contribution in [2.45, 2.75) is 0 Å². The molecule has 0 aliphatic carbocycles. The molecule has 1 saturated heterocycles. The van der Waals surface area contributed by atoms with Crippen LogP contribution < -0.4 is 25.1 Å². The Morgan fingerprint density at radius 2 is 1.77 bits per heavy atom. The third-order valence-electron chi connectivity index (χ3n) is 4.26. The fraction of sp³-hybridized carbons (Fsp3) is 0.150. The summed E-state index contributed by atoms with van der Waals surface area (Å²) >= 11 is 0. The van der Waals surface area contributed by atoms with Crippen molar-refractivity contribution in [3.05, 3.63) is 54.1 Å². The van der Waals surface area contributed by atoms with E-state index in [0.29, 0.717) is 17.1 Å². The maximum absolute atomic E-state index is 12.7. The monoisotopic (exact) mass is 410 g/mol. The lowest BCUT2D eigenvalue weighted by molar-refractivity contribution is -0.131. The Hall–Kier alpha value is -4.21. The number of benzene rings is 2. The molecule has 1 atom stereocenters. The van der Waals surface area contributed by atoms with Crippen LogP contribution in [0.2, 0.25) is 0 Å². The number of methoxy groups -OCH3 is 2. The summed E-state index contributed by atoms with van der Waals surface area (Å²) < 4.78 is 10.1. The number of nitrogens with zero attached hydrogens (tertiary/aromatic N) is 2. The quantitative estimate of drug-likeness (QED) is 0.420. The Morgan fingerprint density at radius 1 is 1.07 bits per heavy atom. The molecule has 3 rings (SSSR count). The summed E-state index contributed by atoms with van der Waals surface area (Å²) in [6.07, 6.45) is 0.971. The number of carbonyl (C=O) groups is 4. The van der Waals surface area contributed by atoms with E-state index < -0.39 is 29.7 Å². The Bertz CT molecular complexity index is 1020. The van der Waals surface area contributed by atoms with Crippen molar-refractivity contribution in [2.75, 3.05) is 19.1 Å². The summed E-state index contributed by atoms with van der Waals surface area (Å²) in [6.45, 7) is 0. The van der Waals surface area contributed by atoms with Crippen LogP contribution in [0.15, 0.2) is 53.6 Å². The van der Waals surface area contributed by atoms with Crippen LogP contribution in [0.4, 0.5) is 10.5 Å². The molecule has 10 nitrogen and oxygen atoms in total. The molecule has 1 heterocycles. The van der Waals surface area contributed by atoms with E-state index in [9.17, 15) is 19.2 Å². The number of nitrogens with one attached hydrogen (secondary N) is 2. The number of barbiturate groups is 1. The molecular weight excluding hydrogens is 392 g/mol. The molecule has 5 amide bonds. The highest BCUT2D eigenvalue weighted by Crippen LogP contribution is 2.24. The van der Waals surface area contributed by atoms with E-state index in [1.807, 2.05) is 0 Å². The van der Waals surface area contributed by atoms with Crippen LogP contribution in [0.1, 0.15) is 10.4 Å². The van der Waals surface area contributed by atoms with E-state index in [1.54, 1.807) is 24.3 Å². The van der Waals surface area contributed by atoms with Gasteiger partial charge in [-0.15, -0.1) is 0 Å². The van der Waals surface area contributed by atoms with Gasteiger partial charge >= 0.3 is 6.03 Å². The van der Waals surface area contributed by atoms with Gasteiger partial charge in [0.2, 0.25) is 5.91 Å². The standard InChI is InChI=1S/C20H18N4O6/c1-29-14-8-6-12(7-9-14)17(25)23-21-11-16-18(26)22-20(28)24(19(16)27)13-4-3-5-15(10-13)30-2/h3-11,16H,1-2H3,(H,23,25)(H,22,26,28)/b21-11-/t16-/m1/s1. The number of amides is 5. The third-order valence-corrected chi connectivity index (χ3v) is 4.26. The number of rotatable bonds is 6. The van der Waals surface area contributed by atoms with Crippen molar-refractivity contribution in [2.24, 2.45) is 11.0 Å². The minimum atomic E-state index is -1.40. The third kappa shape index (κ3) is 4.27. The van der Waals surface area contributed by atoms with Crippen LogP contribution in [0.3, 0.4) is 0 Å². The maximum Gasteiger partial charge on any atom is 0.335 e. The molecule has 0 bridgehead atoms. The summed E-state index contributed by atoms with van der Waals surface area (Å²) in [5.41, 5.74) is 2.78. The molecule has 2 aromatic carbocycles. The van der Waals surface area contributed by atoms with E-state index in [4.69, 9.17) is 9.47 Å². The highest BCUT2D eigenvalue weighted by Gasteiger charge is 2.40. The largest absolute Gasteiger partial charge is 0.497 e. The summed E-state index contributed by atoms with van der Waals surface area (Å²) in [5.74, 6) is -2.57. The van der Waals surface area contributed by atoms with E-state index >= 15 is 0 Å². The number of hydrogen-bond acceptors (Lipinski definition) is 7. The number of ether oxygens (including phenoxy) is 2. The molecule has 1 aliphatic rings. The van der Waals surface area contributed by atoms with Gasteiger partial charge in [0.1, 0.15) is 11.5 Å². The minimum absolute atomic E-state index is 0.227. The average Bonchev–Trinajstić information content (AvgIpc) is 2.76. The topological polar surface area (TPSA) is 126 Å². The first kappa shape index (κ1) is 20.5. The van der Waals surface area contributed by atoms with E-state index in [2.05, 4.69) is 15.8 Å². The van der Waals surface area contributed by atoms with Crippen molar-refractivity contribution in [1.82, 2.24) is 10.7 Å². The lowest BCUT2D eigenvalue weighted by Crippen LogP contribution is -2.58. The number of hydrogen-bond donors (Lipinski definition) is 2. The average molecular weight is 410 g/mol. The predicted octanol–water partition coefficient (Wildman–Crippen LogP) is 1.32. The number of carbonyl (C=O) groups excluding carboxylic acids is 4. The molecule has 0 radical (unpaired) electrons. The van der Waals surface area contributed by atoms with Crippen molar-refractivity contribution >= 4 is 35.7 Å². The van der Waals surface area contributed by atoms with Gasteiger partial charge in [-0.2, -0.15) is 5.10 Å². The summed E-state index contributed by atoms with van der Waals surface area (Å²) in [4.78, 5) is 50.0. The second kappa shape index (κ2) is 8.86. The van der Waals surface area contributed by atoms with Crippen molar-refractivity contribution in [3.63, 3.8) is 0 Å². The molecule has 0 unspecified atom stereocenters. The first-order valence-electron chi connectivity index (χ1n) is 8.75. The number of imide groups is 2. The highest BCUT2D eigenvalue weighted by molar-refractivity contribution is 6.32. The molecule has 1 aliphatic heterocycles. The lowest BCUT2D eigenvalue weighted by Gasteiger charge is -2.28. The van der Waals surface area contributed by atoms with Gasteiger partial charge in [-0.25, -0.2) is 15.1 Å². The van der Waals surface area contributed by atoms with Gasteiger partial charge in [-0.05, 0) is 36.4 Å². The minimum Gasteiger partial charge on any atom is -0.497 e. The Morgan fingerprint density at radius 3 is 2.43 bits per heavy atom. The molecule has 1 fully saturated rings. The molecule has 0 aromatic heterocycles. The van der Waals surface area contributed by atoms with E-state index in [-0.39, 0.29) is 5.69 Å². The van der Waals surface area contributed by atoms with Crippen LogP contribution in [-0.2, 0) is 9.59 Å². The summed E-state index contributed by atoms with van der Waals surface area (Å²) in [5, 5.41) is 5.80. The van der Waals surface area contributed by atoms with Gasteiger partial charge < -0.3 is 9.47 Å². The Balaban J connectivity index is 1.73. The molecule has 10 heteroatoms. The fourth-order valence-corrected chi connectivity index (χ4v) is 2.69. The van der Waals surface area contributed by atoms with Crippen LogP contribution in [0.5, 0.6) is 11.5 Å². The van der Waals surface area contributed by atoms with Gasteiger partial charge in [0.15, 0.2) is 5.92 Å².